The summed E-state index contributed by atoms with van der Waals surface area (Å²) in [6.45, 7) is 0. The van der Waals surface area contributed by atoms with Crippen LogP contribution in [0.25, 0.3) is 0 Å². The van der Waals surface area contributed by atoms with Gasteiger partial charge in [-0.15, -0.1) is 11.8 Å². The van der Waals surface area contributed by atoms with Crippen molar-refractivity contribution in [3.8, 4) is 0 Å². The number of esters is 1. The first-order chi connectivity index (χ1) is 13.3. The zero-order valence-electron chi connectivity index (χ0n) is 15.8. The van der Waals surface area contributed by atoms with Crippen LogP contribution in [0.2, 0.25) is 0 Å². The largest absolute Gasteiger partial charge is 0.467 e. The SMILES string of the molecule is COC(=O)C1OC1c1ncccc1SCCCCCCCc1ccccc1. The minimum absolute atomic E-state index is 0.251. The summed E-state index contributed by atoms with van der Waals surface area (Å²) < 4.78 is 10.2. The molecule has 2 atom stereocenters. The van der Waals surface area contributed by atoms with E-state index in [-0.39, 0.29) is 12.1 Å². The molecule has 1 aromatic heterocycles. The van der Waals surface area contributed by atoms with Gasteiger partial charge in [0.1, 0.15) is 6.10 Å². The fraction of sp³-hybridized carbons (Fsp3) is 0.455. The maximum absolute atomic E-state index is 11.6. The number of unbranched alkanes of at least 4 members (excludes halogenated alkanes) is 4. The lowest BCUT2D eigenvalue weighted by atomic mass is 10.1. The van der Waals surface area contributed by atoms with Crippen LogP contribution in [0.3, 0.4) is 0 Å². The number of benzene rings is 1. The van der Waals surface area contributed by atoms with Crippen LogP contribution < -0.4 is 0 Å². The van der Waals surface area contributed by atoms with Crippen LogP contribution in [-0.4, -0.2) is 29.9 Å². The molecule has 1 aliphatic heterocycles. The molecule has 0 radical (unpaired) electrons. The summed E-state index contributed by atoms with van der Waals surface area (Å²) in [5.41, 5.74) is 2.30. The highest BCUT2D eigenvalue weighted by atomic mass is 32.2. The van der Waals surface area contributed by atoms with Crippen molar-refractivity contribution in [3.63, 3.8) is 0 Å². The predicted molar refractivity (Wildman–Crippen MR) is 108 cm³/mol. The number of hydrogen-bond acceptors (Lipinski definition) is 5. The summed E-state index contributed by atoms with van der Waals surface area (Å²) in [4.78, 5) is 17.1. The summed E-state index contributed by atoms with van der Waals surface area (Å²) in [5.74, 6) is 0.740. The van der Waals surface area contributed by atoms with Gasteiger partial charge >= 0.3 is 5.97 Å². The van der Waals surface area contributed by atoms with E-state index in [1.165, 1.54) is 51.2 Å². The number of methoxy groups -OCH3 is 1. The molecule has 4 nitrogen and oxygen atoms in total. The Bertz CT molecular complexity index is 723. The van der Waals surface area contributed by atoms with E-state index in [0.29, 0.717) is 0 Å². The Labute approximate surface area is 165 Å². The molecule has 0 N–H and O–H groups in total. The number of epoxide rings is 1. The summed E-state index contributed by atoms with van der Waals surface area (Å²) >= 11 is 1.80. The molecule has 1 saturated heterocycles. The number of carbonyl (C=O) groups is 1. The van der Waals surface area contributed by atoms with E-state index in [1.807, 2.05) is 6.07 Å². The number of aromatic nitrogens is 1. The smallest absolute Gasteiger partial charge is 0.338 e. The topological polar surface area (TPSA) is 51.7 Å². The van der Waals surface area contributed by atoms with Crippen LogP contribution in [0, 0.1) is 0 Å². The van der Waals surface area contributed by atoms with E-state index in [0.717, 1.165) is 16.3 Å². The number of pyridine rings is 1. The zero-order chi connectivity index (χ0) is 18.9. The Morgan fingerprint density at radius 3 is 2.67 bits per heavy atom. The Morgan fingerprint density at radius 2 is 1.85 bits per heavy atom. The van der Waals surface area contributed by atoms with Gasteiger partial charge in [-0.1, -0.05) is 49.6 Å². The molecule has 144 valence electrons. The van der Waals surface area contributed by atoms with Crippen molar-refractivity contribution in [1.29, 1.82) is 0 Å². The van der Waals surface area contributed by atoms with Crippen LogP contribution in [0.15, 0.2) is 53.6 Å². The molecule has 5 heteroatoms. The van der Waals surface area contributed by atoms with Crippen molar-refractivity contribution in [2.75, 3.05) is 12.9 Å². The van der Waals surface area contributed by atoms with Gasteiger partial charge in [-0.25, -0.2) is 4.79 Å². The van der Waals surface area contributed by atoms with Gasteiger partial charge in [-0.2, -0.15) is 0 Å². The fourth-order valence-corrected chi connectivity index (χ4v) is 4.20. The lowest BCUT2D eigenvalue weighted by Crippen LogP contribution is -2.09. The van der Waals surface area contributed by atoms with Gasteiger partial charge in [-0.3, -0.25) is 4.98 Å². The average Bonchev–Trinajstić information content (AvgIpc) is 3.51. The molecule has 0 saturated carbocycles. The number of hydrogen-bond donors (Lipinski definition) is 0. The third-order valence-corrected chi connectivity index (χ3v) is 5.85. The number of carbonyl (C=O) groups excluding carboxylic acids is 1. The minimum atomic E-state index is -0.492. The lowest BCUT2D eigenvalue weighted by Gasteiger charge is -2.06. The molecule has 2 aromatic rings. The van der Waals surface area contributed by atoms with Crippen LogP contribution >= 0.6 is 11.8 Å². The van der Waals surface area contributed by atoms with Crippen LogP contribution in [0.4, 0.5) is 0 Å². The van der Waals surface area contributed by atoms with Gasteiger partial charge in [0.2, 0.25) is 0 Å². The first kappa shape index (κ1) is 19.9. The molecular formula is C22H27NO3S. The van der Waals surface area contributed by atoms with Crippen molar-refractivity contribution in [1.82, 2.24) is 4.98 Å². The molecule has 3 rings (SSSR count). The van der Waals surface area contributed by atoms with E-state index in [4.69, 9.17) is 9.47 Å². The molecule has 27 heavy (non-hydrogen) atoms. The third-order valence-electron chi connectivity index (χ3n) is 4.70. The fourth-order valence-electron chi connectivity index (χ4n) is 3.14. The summed E-state index contributed by atoms with van der Waals surface area (Å²) in [7, 11) is 1.38. The first-order valence-corrected chi connectivity index (χ1v) is 10.6. The third kappa shape index (κ3) is 6.08. The molecule has 0 aliphatic carbocycles. The second kappa shape index (κ2) is 10.5. The molecule has 0 spiro atoms. The van der Waals surface area contributed by atoms with Gasteiger partial charge in [0.25, 0.3) is 0 Å². The van der Waals surface area contributed by atoms with Crippen molar-refractivity contribution in [3.05, 3.63) is 59.9 Å². The predicted octanol–water partition coefficient (Wildman–Crippen LogP) is 4.98. The minimum Gasteiger partial charge on any atom is -0.467 e. The number of thioether (sulfide) groups is 1. The van der Waals surface area contributed by atoms with Crippen molar-refractivity contribution in [2.45, 2.75) is 55.6 Å². The molecular weight excluding hydrogens is 358 g/mol. The number of rotatable bonds is 11. The molecule has 1 aliphatic rings. The molecule has 1 fully saturated rings. The maximum Gasteiger partial charge on any atom is 0.338 e. The normalized spacial score (nSPS) is 18.3. The summed E-state index contributed by atoms with van der Waals surface area (Å²) in [6, 6.07) is 14.7. The van der Waals surface area contributed by atoms with Gasteiger partial charge < -0.3 is 9.47 Å². The van der Waals surface area contributed by atoms with Crippen LogP contribution in [0.5, 0.6) is 0 Å². The van der Waals surface area contributed by atoms with E-state index in [2.05, 4.69) is 41.4 Å². The lowest BCUT2D eigenvalue weighted by molar-refractivity contribution is -0.142. The summed E-state index contributed by atoms with van der Waals surface area (Å²) in [6.07, 6.45) is 8.46. The zero-order valence-corrected chi connectivity index (χ0v) is 16.6. The quantitative estimate of drug-likeness (QED) is 0.236. The first-order valence-electron chi connectivity index (χ1n) is 9.64. The van der Waals surface area contributed by atoms with E-state index in [9.17, 15) is 4.79 Å². The van der Waals surface area contributed by atoms with Crippen molar-refractivity contribution >= 4 is 17.7 Å². The maximum atomic E-state index is 11.6. The number of nitrogens with zero attached hydrogens (tertiary/aromatic N) is 1. The highest BCUT2D eigenvalue weighted by Gasteiger charge is 2.49. The monoisotopic (exact) mass is 385 g/mol. The standard InChI is InChI=1S/C22H27NO3S/c1-25-22(24)21-20(26-21)19-18(14-10-15-23-19)27-16-9-4-2-3-6-11-17-12-7-5-8-13-17/h5,7-8,10,12-15,20-21H,2-4,6,9,11,16H2,1H3. The van der Waals surface area contributed by atoms with Crippen molar-refractivity contribution < 1.29 is 14.3 Å². The Hall–Kier alpha value is -1.85. The summed E-state index contributed by atoms with van der Waals surface area (Å²) in [5, 5.41) is 0. The second-order valence-electron chi connectivity index (χ2n) is 6.74. The van der Waals surface area contributed by atoms with Gasteiger partial charge in [0.05, 0.1) is 12.8 Å². The molecule has 0 bridgehead atoms. The molecule has 2 unspecified atom stereocenters. The molecule has 0 amide bonds. The van der Waals surface area contributed by atoms with Gasteiger partial charge in [-0.05, 0) is 42.7 Å². The molecule has 1 aromatic carbocycles. The highest BCUT2D eigenvalue weighted by Crippen LogP contribution is 2.42. The van der Waals surface area contributed by atoms with Crippen LogP contribution in [0.1, 0.15) is 49.5 Å². The van der Waals surface area contributed by atoms with Gasteiger partial charge in [0, 0.05) is 11.1 Å². The van der Waals surface area contributed by atoms with E-state index in [1.54, 1.807) is 18.0 Å². The second-order valence-corrected chi connectivity index (χ2v) is 7.88. The number of ether oxygens (including phenoxy) is 2. The number of aryl methyl sites for hydroxylation is 1. The van der Waals surface area contributed by atoms with Gasteiger partial charge in [0.15, 0.2) is 6.10 Å². The van der Waals surface area contributed by atoms with Crippen LogP contribution in [-0.2, 0) is 20.7 Å². The highest BCUT2D eigenvalue weighted by molar-refractivity contribution is 7.99. The van der Waals surface area contributed by atoms with E-state index >= 15 is 0 Å². The average molecular weight is 386 g/mol. The molecule has 2 heterocycles. The van der Waals surface area contributed by atoms with E-state index < -0.39 is 6.10 Å². The Balaban J connectivity index is 1.31. The Kier molecular flexibility index (Phi) is 7.72. The van der Waals surface area contributed by atoms with Crippen molar-refractivity contribution in [2.24, 2.45) is 0 Å². The Morgan fingerprint density at radius 1 is 1.07 bits per heavy atom.